The molecule has 1 atom stereocenters. The van der Waals surface area contributed by atoms with Gasteiger partial charge in [-0.15, -0.1) is 0 Å². The molecular weight excluding hydrogens is 318 g/mol. The highest BCUT2D eigenvalue weighted by molar-refractivity contribution is 5.97. The van der Waals surface area contributed by atoms with Crippen molar-refractivity contribution in [3.63, 3.8) is 0 Å². The molecule has 0 unspecified atom stereocenters. The highest BCUT2D eigenvalue weighted by atomic mass is 16.5. The van der Waals surface area contributed by atoms with Gasteiger partial charge in [-0.1, -0.05) is 19.0 Å². The van der Waals surface area contributed by atoms with Gasteiger partial charge in [-0.2, -0.15) is 4.98 Å². The number of hydrogen-bond donors (Lipinski definition) is 1. The molecule has 4 rings (SSSR count). The van der Waals surface area contributed by atoms with Crippen LogP contribution < -0.4 is 0 Å². The lowest BCUT2D eigenvalue weighted by atomic mass is 9.96. The maximum absolute atomic E-state index is 12.9. The third-order valence-corrected chi connectivity index (χ3v) is 4.69. The highest BCUT2D eigenvalue weighted by Crippen LogP contribution is 2.27. The first-order chi connectivity index (χ1) is 12.1. The molecule has 1 amide bonds. The molecule has 2 aromatic heterocycles. The fourth-order valence-electron chi connectivity index (χ4n) is 3.27. The molecule has 1 N–H and O–H groups in total. The number of amides is 1. The third kappa shape index (κ3) is 3.01. The van der Waals surface area contributed by atoms with Crippen molar-refractivity contribution in [2.75, 3.05) is 13.1 Å². The summed E-state index contributed by atoms with van der Waals surface area (Å²) in [6.07, 6.45) is 3.55. The minimum atomic E-state index is 0.0359. The van der Waals surface area contributed by atoms with E-state index in [2.05, 4.69) is 20.1 Å². The van der Waals surface area contributed by atoms with Crippen LogP contribution in [0.25, 0.3) is 11.0 Å². The lowest BCUT2D eigenvalue weighted by Gasteiger charge is -2.31. The number of carbonyl (C=O) groups excluding carboxylic acids is 1. The summed E-state index contributed by atoms with van der Waals surface area (Å²) < 4.78 is 5.32. The van der Waals surface area contributed by atoms with Crippen molar-refractivity contribution in [1.29, 1.82) is 0 Å². The third-order valence-electron chi connectivity index (χ3n) is 4.69. The van der Waals surface area contributed by atoms with Crippen LogP contribution in [0.3, 0.4) is 0 Å². The van der Waals surface area contributed by atoms with Gasteiger partial charge in [0.25, 0.3) is 5.91 Å². The van der Waals surface area contributed by atoms with Crippen LogP contribution in [-0.2, 0) is 0 Å². The van der Waals surface area contributed by atoms with E-state index in [9.17, 15) is 4.79 Å². The average Bonchev–Trinajstić information content (AvgIpc) is 3.30. The topological polar surface area (TPSA) is 87.9 Å². The number of piperidine rings is 1. The summed E-state index contributed by atoms with van der Waals surface area (Å²) in [4.78, 5) is 26.5. The molecule has 0 spiro atoms. The molecule has 0 radical (unpaired) electrons. The van der Waals surface area contributed by atoms with Crippen molar-refractivity contribution in [2.24, 2.45) is 0 Å². The first-order valence-electron chi connectivity index (χ1n) is 8.67. The molecule has 1 fully saturated rings. The summed E-state index contributed by atoms with van der Waals surface area (Å²) in [6, 6.07) is 5.56. The molecular formula is C18H21N5O2. The Hall–Kier alpha value is -2.70. The number of H-pyrrole nitrogens is 1. The van der Waals surface area contributed by atoms with Gasteiger partial charge in [0.1, 0.15) is 0 Å². The molecule has 7 heteroatoms. The van der Waals surface area contributed by atoms with Gasteiger partial charge in [0, 0.05) is 30.5 Å². The van der Waals surface area contributed by atoms with E-state index in [1.54, 1.807) is 6.33 Å². The second-order valence-electron chi connectivity index (χ2n) is 6.87. The number of likely N-dealkylation sites (tertiary alicyclic amines) is 1. The Labute approximate surface area is 145 Å². The summed E-state index contributed by atoms with van der Waals surface area (Å²) >= 11 is 0. The summed E-state index contributed by atoms with van der Waals surface area (Å²) in [5, 5.41) is 4.12. The van der Waals surface area contributed by atoms with E-state index in [4.69, 9.17) is 4.52 Å². The van der Waals surface area contributed by atoms with E-state index in [0.717, 1.165) is 30.4 Å². The number of aromatic amines is 1. The van der Waals surface area contributed by atoms with Crippen LogP contribution in [-0.4, -0.2) is 44.0 Å². The second kappa shape index (κ2) is 6.31. The van der Waals surface area contributed by atoms with Gasteiger partial charge in [-0.3, -0.25) is 4.79 Å². The SMILES string of the molecule is CC(C)c1nc([C@H]2CCCN(C(=O)c3ccc4nc[nH]c4c3)C2)no1. The number of aromatic nitrogens is 4. The van der Waals surface area contributed by atoms with E-state index < -0.39 is 0 Å². The van der Waals surface area contributed by atoms with E-state index in [1.807, 2.05) is 36.9 Å². The lowest BCUT2D eigenvalue weighted by molar-refractivity contribution is 0.0703. The van der Waals surface area contributed by atoms with Gasteiger partial charge in [0.15, 0.2) is 5.82 Å². The van der Waals surface area contributed by atoms with Gasteiger partial charge in [0.2, 0.25) is 5.89 Å². The average molecular weight is 339 g/mol. The Morgan fingerprint density at radius 2 is 2.28 bits per heavy atom. The molecule has 25 heavy (non-hydrogen) atoms. The second-order valence-corrected chi connectivity index (χ2v) is 6.87. The summed E-state index contributed by atoms with van der Waals surface area (Å²) in [7, 11) is 0. The van der Waals surface area contributed by atoms with Crippen LogP contribution in [0.4, 0.5) is 0 Å². The monoisotopic (exact) mass is 339 g/mol. The molecule has 3 heterocycles. The molecule has 0 aliphatic carbocycles. The number of imidazole rings is 1. The Morgan fingerprint density at radius 3 is 3.08 bits per heavy atom. The molecule has 7 nitrogen and oxygen atoms in total. The Bertz CT molecular complexity index is 898. The fourth-order valence-corrected chi connectivity index (χ4v) is 3.27. The number of fused-ring (bicyclic) bond motifs is 1. The number of carbonyl (C=O) groups is 1. The summed E-state index contributed by atoms with van der Waals surface area (Å²) in [5.74, 6) is 1.75. The molecule has 0 saturated carbocycles. The van der Waals surface area contributed by atoms with Gasteiger partial charge in [-0.25, -0.2) is 4.98 Å². The number of nitrogens with one attached hydrogen (secondary N) is 1. The van der Waals surface area contributed by atoms with Gasteiger partial charge in [-0.05, 0) is 31.0 Å². The standard InChI is InChI=1S/C18H21N5O2/c1-11(2)17-21-16(22-25-17)13-4-3-7-23(9-13)18(24)12-5-6-14-15(8-12)20-10-19-14/h5-6,8,10-11,13H,3-4,7,9H2,1-2H3,(H,19,20)/t13-/m0/s1. The smallest absolute Gasteiger partial charge is 0.253 e. The van der Waals surface area contributed by atoms with Crippen molar-refractivity contribution in [2.45, 2.75) is 38.5 Å². The molecule has 130 valence electrons. The van der Waals surface area contributed by atoms with Crippen molar-refractivity contribution < 1.29 is 9.32 Å². The van der Waals surface area contributed by atoms with E-state index in [1.165, 1.54) is 0 Å². The zero-order chi connectivity index (χ0) is 17.4. The molecule has 1 aliphatic rings. The van der Waals surface area contributed by atoms with Gasteiger partial charge in [0.05, 0.1) is 17.4 Å². The maximum atomic E-state index is 12.9. The van der Waals surface area contributed by atoms with Gasteiger partial charge < -0.3 is 14.4 Å². The van der Waals surface area contributed by atoms with Crippen LogP contribution >= 0.6 is 0 Å². The van der Waals surface area contributed by atoms with E-state index in [-0.39, 0.29) is 17.7 Å². The Balaban J connectivity index is 1.52. The van der Waals surface area contributed by atoms with Crippen LogP contribution in [0.5, 0.6) is 0 Å². The molecule has 1 aliphatic heterocycles. The first kappa shape index (κ1) is 15.8. The van der Waals surface area contributed by atoms with Crippen LogP contribution in [0.2, 0.25) is 0 Å². The van der Waals surface area contributed by atoms with E-state index >= 15 is 0 Å². The zero-order valence-electron chi connectivity index (χ0n) is 14.4. The minimum absolute atomic E-state index is 0.0359. The van der Waals surface area contributed by atoms with Crippen molar-refractivity contribution in [3.05, 3.63) is 41.8 Å². The lowest BCUT2D eigenvalue weighted by Crippen LogP contribution is -2.39. The Morgan fingerprint density at radius 1 is 1.40 bits per heavy atom. The molecule has 1 saturated heterocycles. The van der Waals surface area contributed by atoms with Crippen LogP contribution in [0, 0.1) is 0 Å². The van der Waals surface area contributed by atoms with Crippen molar-refractivity contribution in [1.82, 2.24) is 25.0 Å². The predicted molar refractivity (Wildman–Crippen MR) is 92.4 cm³/mol. The number of rotatable bonds is 3. The predicted octanol–water partition coefficient (Wildman–Crippen LogP) is 3.09. The summed E-state index contributed by atoms with van der Waals surface area (Å²) in [6.45, 7) is 5.43. The largest absolute Gasteiger partial charge is 0.345 e. The Kier molecular flexibility index (Phi) is 3.99. The zero-order valence-corrected chi connectivity index (χ0v) is 14.4. The summed E-state index contributed by atoms with van der Waals surface area (Å²) in [5.41, 5.74) is 2.41. The van der Waals surface area contributed by atoms with Crippen molar-refractivity contribution in [3.8, 4) is 0 Å². The molecule has 0 bridgehead atoms. The number of hydrogen-bond acceptors (Lipinski definition) is 5. The number of nitrogens with zero attached hydrogens (tertiary/aromatic N) is 4. The number of benzene rings is 1. The van der Waals surface area contributed by atoms with E-state index in [0.29, 0.717) is 23.8 Å². The highest BCUT2D eigenvalue weighted by Gasteiger charge is 2.29. The normalized spacial score (nSPS) is 18.2. The minimum Gasteiger partial charge on any atom is -0.345 e. The van der Waals surface area contributed by atoms with Crippen LogP contribution in [0.1, 0.15) is 60.6 Å². The van der Waals surface area contributed by atoms with Crippen molar-refractivity contribution >= 4 is 16.9 Å². The maximum Gasteiger partial charge on any atom is 0.253 e. The van der Waals surface area contributed by atoms with Crippen LogP contribution in [0.15, 0.2) is 29.0 Å². The van der Waals surface area contributed by atoms with Gasteiger partial charge >= 0.3 is 0 Å². The molecule has 1 aromatic carbocycles. The quantitative estimate of drug-likeness (QED) is 0.792. The first-order valence-corrected chi connectivity index (χ1v) is 8.67. The fraction of sp³-hybridized carbons (Fsp3) is 0.444. The molecule has 3 aromatic rings.